The topological polar surface area (TPSA) is 135 Å². The Balaban J connectivity index is 1.27. The van der Waals surface area contributed by atoms with Gasteiger partial charge >= 0.3 is 6.09 Å². The van der Waals surface area contributed by atoms with Gasteiger partial charge in [0.05, 0.1) is 34.3 Å². The number of halogens is 2. The lowest BCUT2D eigenvalue weighted by Gasteiger charge is -2.29. The number of nitrogens with zero attached hydrogens (tertiary/aromatic N) is 5. The Morgan fingerprint density at radius 1 is 0.936 bits per heavy atom. The van der Waals surface area contributed by atoms with E-state index in [0.717, 1.165) is 9.13 Å². The van der Waals surface area contributed by atoms with Crippen LogP contribution in [0.25, 0.3) is 11.1 Å². The summed E-state index contributed by atoms with van der Waals surface area (Å²) in [6.07, 6.45) is -0.166. The van der Waals surface area contributed by atoms with Crippen LogP contribution in [0.5, 0.6) is 0 Å². The van der Waals surface area contributed by atoms with Gasteiger partial charge in [0, 0.05) is 77.2 Å². The molecule has 3 amide bonds. The highest BCUT2D eigenvalue weighted by Crippen LogP contribution is 2.37. The van der Waals surface area contributed by atoms with E-state index in [-0.39, 0.29) is 64.2 Å². The molecular formula is C33H36ClFN8O4. The van der Waals surface area contributed by atoms with E-state index in [9.17, 15) is 14.4 Å². The van der Waals surface area contributed by atoms with Gasteiger partial charge in [0.2, 0.25) is 0 Å². The first-order valence-electron chi connectivity index (χ1n) is 17.9. The van der Waals surface area contributed by atoms with Gasteiger partial charge in [-0.15, -0.1) is 0 Å². The van der Waals surface area contributed by atoms with Crippen LogP contribution in [0, 0.1) is 5.82 Å². The molecule has 47 heavy (non-hydrogen) atoms. The van der Waals surface area contributed by atoms with E-state index in [1.54, 1.807) is 20.8 Å². The summed E-state index contributed by atoms with van der Waals surface area (Å²) in [5.74, 6) is -3.59. The standard InChI is InChI=1S/C33H36ClFN8O4/c1-33(2,3)47-32(46)43-15-13-25-23(17-43)38-29(42(25)5)31(45)40-21-11-7-9-19(27(21)35)18-8-6-10-20(26(18)34)39-30(44)28-37-22-16-36-14-12-24(22)41(28)4/h6-11,36H,12-17H2,1-5H3,(H,39,44)(H,40,45)/i4D3,5D3. The minimum Gasteiger partial charge on any atom is -0.444 e. The van der Waals surface area contributed by atoms with Crippen LogP contribution in [0.15, 0.2) is 36.4 Å². The second-order valence-corrected chi connectivity index (χ2v) is 12.5. The Bertz CT molecular complexity index is 2130. The van der Waals surface area contributed by atoms with Crippen LogP contribution < -0.4 is 16.0 Å². The van der Waals surface area contributed by atoms with E-state index in [1.807, 2.05) is 0 Å². The minimum atomic E-state index is -2.82. The summed E-state index contributed by atoms with van der Waals surface area (Å²) in [4.78, 5) is 49.7. The third-order valence-electron chi connectivity index (χ3n) is 7.74. The second kappa shape index (κ2) is 12.5. The number of hydrogen-bond donors (Lipinski definition) is 3. The van der Waals surface area contributed by atoms with Crippen molar-refractivity contribution in [2.24, 2.45) is 14.0 Å². The SMILES string of the molecule is [2H]C([2H])([2H])n1c(C(=O)Nc2cccc(-c3cccc(NC(=O)c4nc5c(n4C([2H])([2H])[2H])CCNC5)c3Cl)c2F)nc2c1CCN(C(=O)OC(C)(C)C)C2. The zero-order chi connectivity index (χ0) is 38.6. The summed E-state index contributed by atoms with van der Waals surface area (Å²) < 4.78 is 71.8. The second-order valence-electron chi connectivity index (χ2n) is 12.1. The Labute approximate surface area is 284 Å². The van der Waals surface area contributed by atoms with Gasteiger partial charge in [-0.05, 0) is 32.9 Å². The van der Waals surface area contributed by atoms with Gasteiger partial charge in [-0.1, -0.05) is 35.9 Å². The first kappa shape index (κ1) is 25.4. The molecule has 2 aromatic carbocycles. The third kappa shape index (κ3) is 6.32. The first-order valence-corrected chi connectivity index (χ1v) is 15.2. The Kier molecular flexibility index (Phi) is 6.72. The van der Waals surface area contributed by atoms with Gasteiger partial charge < -0.3 is 34.7 Å². The molecule has 2 aliphatic rings. The van der Waals surface area contributed by atoms with Gasteiger partial charge in [0.1, 0.15) is 5.60 Å². The third-order valence-corrected chi connectivity index (χ3v) is 8.15. The molecule has 0 atom stereocenters. The quantitative estimate of drug-likeness (QED) is 0.271. The smallest absolute Gasteiger partial charge is 0.410 e. The van der Waals surface area contributed by atoms with E-state index in [4.69, 9.17) is 24.6 Å². The maximum absolute atomic E-state index is 16.2. The Morgan fingerprint density at radius 3 is 2.23 bits per heavy atom. The van der Waals surface area contributed by atoms with Crippen molar-refractivity contribution in [1.29, 1.82) is 0 Å². The van der Waals surface area contributed by atoms with Crippen molar-refractivity contribution >= 4 is 40.9 Å². The summed E-state index contributed by atoms with van der Waals surface area (Å²) >= 11 is 6.70. The minimum absolute atomic E-state index is 0.0462. The molecule has 0 saturated heterocycles. The van der Waals surface area contributed by atoms with E-state index < -0.39 is 49.1 Å². The van der Waals surface area contributed by atoms with Gasteiger partial charge in [-0.25, -0.2) is 19.2 Å². The molecule has 12 nitrogen and oxygen atoms in total. The van der Waals surface area contributed by atoms with Gasteiger partial charge in [0.25, 0.3) is 11.8 Å². The van der Waals surface area contributed by atoms with Crippen molar-refractivity contribution in [2.45, 2.75) is 52.3 Å². The summed E-state index contributed by atoms with van der Waals surface area (Å²) in [5, 5.41) is 8.03. The average molecular weight is 669 g/mol. The molecule has 0 saturated carbocycles. The predicted molar refractivity (Wildman–Crippen MR) is 175 cm³/mol. The number of imidazole rings is 2. The Morgan fingerprint density at radius 2 is 1.55 bits per heavy atom. The number of hydrogen-bond acceptors (Lipinski definition) is 7. The number of aromatic nitrogens is 4. The van der Waals surface area contributed by atoms with Crippen LogP contribution >= 0.6 is 11.6 Å². The fourth-order valence-electron chi connectivity index (χ4n) is 5.51. The number of ether oxygens (including phenoxy) is 1. The molecule has 0 spiro atoms. The van der Waals surface area contributed by atoms with Gasteiger partial charge in [-0.2, -0.15) is 0 Å². The van der Waals surface area contributed by atoms with E-state index in [0.29, 0.717) is 30.9 Å². The monoisotopic (exact) mass is 668 g/mol. The fourth-order valence-corrected chi connectivity index (χ4v) is 5.78. The van der Waals surface area contributed by atoms with Crippen LogP contribution in [-0.2, 0) is 44.6 Å². The number of fused-ring (bicyclic) bond motifs is 2. The lowest BCUT2D eigenvalue weighted by atomic mass is 10.0. The van der Waals surface area contributed by atoms with Crippen molar-refractivity contribution in [2.75, 3.05) is 23.7 Å². The molecule has 2 aliphatic heterocycles. The molecule has 0 fully saturated rings. The average Bonchev–Trinajstić information content (AvgIpc) is 3.66. The summed E-state index contributed by atoms with van der Waals surface area (Å²) in [6, 6.07) is 8.56. The highest BCUT2D eigenvalue weighted by molar-refractivity contribution is 6.36. The van der Waals surface area contributed by atoms with Crippen LogP contribution in [0.2, 0.25) is 5.02 Å². The van der Waals surface area contributed by atoms with Gasteiger partial charge in [0.15, 0.2) is 17.5 Å². The zero-order valence-corrected chi connectivity index (χ0v) is 26.6. The number of benzene rings is 2. The van der Waals surface area contributed by atoms with Crippen molar-refractivity contribution in [1.82, 2.24) is 29.3 Å². The molecule has 4 aromatic rings. The summed E-state index contributed by atoms with van der Waals surface area (Å²) in [5.41, 5.74) is 0.344. The number of anilines is 2. The highest BCUT2D eigenvalue weighted by atomic mass is 35.5. The van der Waals surface area contributed by atoms with Crippen molar-refractivity contribution in [3.8, 4) is 11.1 Å². The molecule has 6 rings (SSSR count). The molecule has 246 valence electrons. The molecular weight excluding hydrogens is 627 g/mol. The normalized spacial score (nSPS) is 16.7. The number of rotatable bonds is 5. The van der Waals surface area contributed by atoms with E-state index in [1.165, 1.54) is 41.3 Å². The van der Waals surface area contributed by atoms with Crippen molar-refractivity contribution in [3.63, 3.8) is 0 Å². The van der Waals surface area contributed by atoms with Gasteiger partial charge in [-0.3, -0.25) is 9.59 Å². The van der Waals surface area contributed by atoms with Crippen molar-refractivity contribution < 1.29 is 31.7 Å². The maximum Gasteiger partial charge on any atom is 0.410 e. The van der Waals surface area contributed by atoms with Crippen molar-refractivity contribution in [3.05, 3.63) is 81.7 Å². The van der Waals surface area contributed by atoms with E-state index >= 15 is 4.39 Å². The molecule has 0 radical (unpaired) electrons. The highest BCUT2D eigenvalue weighted by Gasteiger charge is 2.31. The zero-order valence-electron chi connectivity index (χ0n) is 31.8. The van der Waals surface area contributed by atoms with E-state index in [2.05, 4.69) is 25.9 Å². The summed E-state index contributed by atoms with van der Waals surface area (Å²) in [7, 11) is 0. The fraction of sp³-hybridized carbons (Fsp3) is 0.364. The van der Waals surface area contributed by atoms with Crippen LogP contribution in [-0.4, -0.2) is 60.6 Å². The van der Waals surface area contributed by atoms with Crippen LogP contribution in [0.4, 0.5) is 20.6 Å². The van der Waals surface area contributed by atoms with Crippen LogP contribution in [0.1, 0.15) is 73.0 Å². The first-order chi connectivity index (χ1) is 24.7. The number of carbonyl (C=O) groups is 3. The predicted octanol–water partition coefficient (Wildman–Crippen LogP) is 5.06. The summed E-state index contributed by atoms with van der Waals surface area (Å²) in [6.45, 7) is 0.505. The Hall–Kier alpha value is -4.75. The number of nitrogens with one attached hydrogen (secondary N) is 3. The molecule has 4 heterocycles. The molecule has 2 aromatic heterocycles. The molecule has 0 aliphatic carbocycles. The number of amides is 3. The number of carbonyl (C=O) groups excluding carboxylic acids is 3. The largest absolute Gasteiger partial charge is 0.444 e. The molecule has 0 unspecified atom stereocenters. The maximum atomic E-state index is 16.2. The van der Waals surface area contributed by atoms with Crippen LogP contribution in [0.3, 0.4) is 0 Å². The molecule has 3 N–H and O–H groups in total. The lowest BCUT2D eigenvalue weighted by molar-refractivity contribution is 0.0220. The lowest BCUT2D eigenvalue weighted by Crippen LogP contribution is -2.40. The molecule has 0 bridgehead atoms. The molecule has 14 heteroatoms.